The molecule has 0 radical (unpaired) electrons. The van der Waals surface area contributed by atoms with Crippen LogP contribution < -0.4 is 10.6 Å². The van der Waals surface area contributed by atoms with Gasteiger partial charge in [-0.05, 0) is 37.5 Å². The number of hydrogen-bond acceptors (Lipinski definition) is 5. The van der Waals surface area contributed by atoms with Crippen LogP contribution in [0.25, 0.3) is 0 Å². The van der Waals surface area contributed by atoms with E-state index < -0.39 is 24.5 Å². The third-order valence-electron chi connectivity index (χ3n) is 3.65. The molecule has 7 heteroatoms. The standard InChI is InChI=1S/C16H20N2O5/c1-10-6-7-12(13(19)8-10)15(21)23-9-14(20)18-16(22)17-11-4-2-3-5-11/h6-8,11,19H,2-5,9H2,1H3,(H2,17,18,20,22). The maximum atomic E-state index is 11.8. The van der Waals surface area contributed by atoms with Crippen molar-refractivity contribution in [2.75, 3.05) is 6.61 Å². The summed E-state index contributed by atoms with van der Waals surface area (Å²) in [6, 6.07) is 3.99. The highest BCUT2D eigenvalue weighted by atomic mass is 16.5. The Labute approximate surface area is 134 Å². The summed E-state index contributed by atoms with van der Waals surface area (Å²) in [6.45, 7) is 1.18. The maximum absolute atomic E-state index is 11.8. The normalized spacial score (nSPS) is 14.3. The largest absolute Gasteiger partial charge is 0.507 e. The average molecular weight is 320 g/mol. The molecule has 1 fully saturated rings. The number of aromatic hydroxyl groups is 1. The van der Waals surface area contributed by atoms with Crippen molar-refractivity contribution in [1.29, 1.82) is 0 Å². The van der Waals surface area contributed by atoms with E-state index in [-0.39, 0.29) is 17.4 Å². The van der Waals surface area contributed by atoms with Crippen molar-refractivity contribution in [1.82, 2.24) is 10.6 Å². The number of aryl methyl sites for hydroxylation is 1. The van der Waals surface area contributed by atoms with E-state index in [1.165, 1.54) is 12.1 Å². The summed E-state index contributed by atoms with van der Waals surface area (Å²) in [7, 11) is 0. The molecule has 3 N–H and O–H groups in total. The first-order valence-corrected chi connectivity index (χ1v) is 7.53. The third kappa shape index (κ3) is 4.98. The molecule has 0 spiro atoms. The molecular weight excluding hydrogens is 300 g/mol. The van der Waals surface area contributed by atoms with Crippen LogP contribution in [0.1, 0.15) is 41.6 Å². The number of nitrogens with one attached hydrogen (secondary N) is 2. The fraction of sp³-hybridized carbons (Fsp3) is 0.438. The number of phenols is 1. The molecule has 1 aliphatic rings. The van der Waals surface area contributed by atoms with Gasteiger partial charge in [0.15, 0.2) is 6.61 Å². The van der Waals surface area contributed by atoms with Gasteiger partial charge in [-0.25, -0.2) is 9.59 Å². The van der Waals surface area contributed by atoms with E-state index in [4.69, 9.17) is 4.74 Å². The maximum Gasteiger partial charge on any atom is 0.342 e. The van der Waals surface area contributed by atoms with Crippen molar-refractivity contribution in [3.8, 4) is 5.75 Å². The molecule has 1 aliphatic carbocycles. The molecule has 23 heavy (non-hydrogen) atoms. The molecule has 0 aliphatic heterocycles. The van der Waals surface area contributed by atoms with Crippen molar-refractivity contribution >= 4 is 17.9 Å². The van der Waals surface area contributed by atoms with Gasteiger partial charge < -0.3 is 15.2 Å². The Morgan fingerprint density at radius 2 is 1.96 bits per heavy atom. The molecule has 0 bridgehead atoms. The van der Waals surface area contributed by atoms with Gasteiger partial charge in [0, 0.05) is 6.04 Å². The van der Waals surface area contributed by atoms with Crippen molar-refractivity contribution in [2.45, 2.75) is 38.6 Å². The quantitative estimate of drug-likeness (QED) is 0.731. The van der Waals surface area contributed by atoms with Crippen LogP contribution in [0.5, 0.6) is 5.75 Å². The van der Waals surface area contributed by atoms with E-state index in [1.807, 2.05) is 0 Å². The fourth-order valence-corrected chi connectivity index (χ4v) is 2.48. The lowest BCUT2D eigenvalue weighted by Gasteiger charge is -2.12. The highest BCUT2D eigenvalue weighted by Gasteiger charge is 2.19. The van der Waals surface area contributed by atoms with Crippen LogP contribution in [-0.4, -0.2) is 35.7 Å². The zero-order valence-electron chi connectivity index (χ0n) is 12.9. The number of carbonyl (C=O) groups excluding carboxylic acids is 3. The summed E-state index contributed by atoms with van der Waals surface area (Å²) < 4.78 is 4.79. The van der Waals surface area contributed by atoms with Crippen molar-refractivity contribution in [2.24, 2.45) is 0 Å². The predicted molar refractivity (Wildman–Crippen MR) is 82.1 cm³/mol. The first kappa shape index (κ1) is 16.8. The zero-order chi connectivity index (χ0) is 16.8. The zero-order valence-corrected chi connectivity index (χ0v) is 12.9. The molecule has 0 unspecified atom stereocenters. The van der Waals surface area contributed by atoms with E-state index in [2.05, 4.69) is 10.6 Å². The number of esters is 1. The Hall–Kier alpha value is -2.57. The van der Waals surface area contributed by atoms with Crippen molar-refractivity contribution in [3.63, 3.8) is 0 Å². The smallest absolute Gasteiger partial charge is 0.342 e. The second-order valence-electron chi connectivity index (χ2n) is 5.60. The number of hydrogen-bond donors (Lipinski definition) is 3. The molecule has 0 heterocycles. The number of carbonyl (C=O) groups is 3. The van der Waals surface area contributed by atoms with Gasteiger partial charge in [0.2, 0.25) is 0 Å². The number of ether oxygens (including phenoxy) is 1. The molecule has 0 aromatic heterocycles. The van der Waals surface area contributed by atoms with Crippen LogP contribution >= 0.6 is 0 Å². The molecule has 7 nitrogen and oxygen atoms in total. The van der Waals surface area contributed by atoms with Crippen LogP contribution in [0.4, 0.5) is 4.79 Å². The molecule has 124 valence electrons. The minimum atomic E-state index is -0.825. The highest BCUT2D eigenvalue weighted by molar-refractivity contribution is 5.97. The molecule has 3 amide bonds. The minimum absolute atomic E-state index is 0.0289. The Kier molecular flexibility index (Phi) is 5.56. The van der Waals surface area contributed by atoms with Crippen LogP contribution in [0.15, 0.2) is 18.2 Å². The number of imide groups is 1. The number of urea groups is 1. The van der Waals surface area contributed by atoms with E-state index in [0.717, 1.165) is 31.2 Å². The fourth-order valence-electron chi connectivity index (χ4n) is 2.48. The summed E-state index contributed by atoms with van der Waals surface area (Å²) in [5.41, 5.74) is 0.763. The second-order valence-corrected chi connectivity index (χ2v) is 5.60. The molecule has 1 aromatic carbocycles. The molecule has 1 saturated carbocycles. The SMILES string of the molecule is Cc1ccc(C(=O)OCC(=O)NC(=O)NC2CCCC2)c(O)c1. The van der Waals surface area contributed by atoms with Crippen LogP contribution in [-0.2, 0) is 9.53 Å². The van der Waals surface area contributed by atoms with Crippen LogP contribution in [0, 0.1) is 6.92 Å². The van der Waals surface area contributed by atoms with Gasteiger partial charge >= 0.3 is 12.0 Å². The van der Waals surface area contributed by atoms with Crippen molar-refractivity contribution < 1.29 is 24.2 Å². The predicted octanol–water partition coefficient (Wildman–Crippen LogP) is 1.63. The van der Waals surface area contributed by atoms with Crippen LogP contribution in [0.3, 0.4) is 0 Å². The molecule has 1 aromatic rings. The monoisotopic (exact) mass is 320 g/mol. The second kappa shape index (κ2) is 7.62. The Morgan fingerprint density at radius 1 is 1.26 bits per heavy atom. The van der Waals surface area contributed by atoms with Gasteiger partial charge in [0.05, 0.1) is 0 Å². The van der Waals surface area contributed by atoms with Gasteiger partial charge in [-0.1, -0.05) is 18.9 Å². The molecular formula is C16H20N2O5. The topological polar surface area (TPSA) is 105 Å². The van der Waals surface area contributed by atoms with Gasteiger partial charge in [-0.15, -0.1) is 0 Å². The number of rotatable bonds is 4. The number of phenolic OH excluding ortho intramolecular Hbond substituents is 1. The third-order valence-corrected chi connectivity index (χ3v) is 3.65. The number of benzene rings is 1. The van der Waals surface area contributed by atoms with Crippen LogP contribution in [0.2, 0.25) is 0 Å². The molecule has 2 rings (SSSR count). The first-order valence-electron chi connectivity index (χ1n) is 7.53. The lowest BCUT2D eigenvalue weighted by Crippen LogP contribution is -2.44. The van der Waals surface area contributed by atoms with E-state index in [9.17, 15) is 19.5 Å². The van der Waals surface area contributed by atoms with Gasteiger partial charge in [-0.2, -0.15) is 0 Å². The Morgan fingerprint density at radius 3 is 2.61 bits per heavy atom. The van der Waals surface area contributed by atoms with Crippen molar-refractivity contribution in [3.05, 3.63) is 29.3 Å². The Balaban J connectivity index is 1.77. The summed E-state index contributed by atoms with van der Waals surface area (Å²) in [6.07, 6.45) is 3.94. The lowest BCUT2D eigenvalue weighted by molar-refractivity contribution is -0.123. The summed E-state index contributed by atoms with van der Waals surface area (Å²) in [5, 5.41) is 14.5. The van der Waals surface area contributed by atoms with E-state index >= 15 is 0 Å². The minimum Gasteiger partial charge on any atom is -0.507 e. The van der Waals surface area contributed by atoms with Gasteiger partial charge in [0.25, 0.3) is 5.91 Å². The van der Waals surface area contributed by atoms with Gasteiger partial charge in [-0.3, -0.25) is 10.1 Å². The summed E-state index contributed by atoms with van der Waals surface area (Å²) in [4.78, 5) is 35.0. The van der Waals surface area contributed by atoms with Gasteiger partial charge in [0.1, 0.15) is 11.3 Å². The van der Waals surface area contributed by atoms with E-state index in [1.54, 1.807) is 13.0 Å². The lowest BCUT2D eigenvalue weighted by atomic mass is 10.1. The molecule has 0 saturated heterocycles. The summed E-state index contributed by atoms with van der Waals surface area (Å²) >= 11 is 0. The molecule has 0 atom stereocenters. The number of amides is 3. The Bertz CT molecular complexity index is 608. The first-order chi connectivity index (χ1) is 11.0. The van der Waals surface area contributed by atoms with E-state index in [0.29, 0.717) is 0 Å². The highest BCUT2D eigenvalue weighted by Crippen LogP contribution is 2.19. The summed E-state index contributed by atoms with van der Waals surface area (Å²) in [5.74, 6) is -1.76. The average Bonchev–Trinajstić information content (AvgIpc) is 2.97.